The highest BCUT2D eigenvalue weighted by molar-refractivity contribution is 5.70. The molecule has 0 amide bonds. The minimum Gasteiger partial charge on any atom is -0.493 e. The van der Waals surface area contributed by atoms with Crippen LogP contribution in [-0.2, 0) is 11.2 Å². The van der Waals surface area contributed by atoms with E-state index in [9.17, 15) is 4.79 Å². The van der Waals surface area contributed by atoms with E-state index in [0.717, 1.165) is 11.3 Å². The first-order valence-electron chi connectivity index (χ1n) is 5.68. The monoisotopic (exact) mass is 246 g/mol. The van der Waals surface area contributed by atoms with Crippen molar-refractivity contribution in [3.63, 3.8) is 0 Å². The normalized spacial score (nSPS) is 10.3. The van der Waals surface area contributed by atoms with E-state index in [0.29, 0.717) is 18.1 Å². The topological polar surface area (TPSA) is 75.2 Å². The molecule has 1 aromatic heterocycles. The van der Waals surface area contributed by atoms with Gasteiger partial charge in [-0.05, 0) is 19.1 Å². The second kappa shape index (κ2) is 5.35. The number of rotatable bonds is 5. The summed E-state index contributed by atoms with van der Waals surface area (Å²) in [6.07, 6.45) is 1.47. The van der Waals surface area contributed by atoms with Crippen LogP contribution in [0.15, 0.2) is 30.5 Å². The number of aromatic nitrogens is 2. The molecule has 1 heterocycles. The van der Waals surface area contributed by atoms with Crippen LogP contribution in [0.2, 0.25) is 0 Å². The molecule has 0 aliphatic carbocycles. The van der Waals surface area contributed by atoms with Gasteiger partial charge in [-0.3, -0.25) is 4.79 Å². The molecule has 0 aliphatic rings. The van der Waals surface area contributed by atoms with Crippen LogP contribution in [0, 0.1) is 0 Å². The van der Waals surface area contributed by atoms with Gasteiger partial charge in [-0.25, -0.2) is 4.98 Å². The highest BCUT2D eigenvalue weighted by Gasteiger charge is 2.10. The fourth-order valence-electron chi connectivity index (χ4n) is 1.69. The molecule has 0 saturated carbocycles. The van der Waals surface area contributed by atoms with Crippen molar-refractivity contribution >= 4 is 5.97 Å². The quantitative estimate of drug-likeness (QED) is 0.847. The Morgan fingerprint density at radius 1 is 1.44 bits per heavy atom. The summed E-state index contributed by atoms with van der Waals surface area (Å²) in [6.45, 7) is 2.48. The van der Waals surface area contributed by atoms with Crippen LogP contribution < -0.4 is 4.74 Å². The number of carboxylic acid groups (broad SMARTS) is 1. The minimum absolute atomic E-state index is 0.0657. The van der Waals surface area contributed by atoms with Gasteiger partial charge in [0, 0.05) is 11.9 Å². The Hall–Kier alpha value is -2.30. The number of nitrogens with zero attached hydrogens (tertiary/aromatic N) is 1. The number of carbonyl (C=O) groups is 1. The third kappa shape index (κ3) is 2.68. The largest absolute Gasteiger partial charge is 0.493 e. The standard InChI is InChI=1S/C13H14N2O3/c1-2-18-11-6-4-3-5-10(11)13-14-8-9(15-13)7-12(16)17/h3-6,8H,2,7H2,1H3,(H,14,15)(H,16,17). The summed E-state index contributed by atoms with van der Waals surface area (Å²) >= 11 is 0. The number of benzene rings is 1. The number of carboxylic acids is 1. The highest BCUT2D eigenvalue weighted by atomic mass is 16.5. The molecule has 0 bridgehead atoms. The average molecular weight is 246 g/mol. The highest BCUT2D eigenvalue weighted by Crippen LogP contribution is 2.27. The van der Waals surface area contributed by atoms with Crippen LogP contribution >= 0.6 is 0 Å². The lowest BCUT2D eigenvalue weighted by atomic mass is 10.2. The second-order valence-electron chi connectivity index (χ2n) is 3.76. The Labute approximate surface area is 104 Å². The molecule has 0 spiro atoms. The Morgan fingerprint density at radius 2 is 2.22 bits per heavy atom. The molecule has 5 nitrogen and oxygen atoms in total. The predicted molar refractivity (Wildman–Crippen MR) is 66.5 cm³/mol. The zero-order chi connectivity index (χ0) is 13.0. The van der Waals surface area contributed by atoms with Gasteiger partial charge in [-0.1, -0.05) is 12.1 Å². The summed E-state index contributed by atoms with van der Waals surface area (Å²) in [6, 6.07) is 7.51. The van der Waals surface area contributed by atoms with Crippen LogP contribution in [0.4, 0.5) is 0 Å². The first-order chi connectivity index (χ1) is 8.70. The van der Waals surface area contributed by atoms with Gasteiger partial charge in [-0.2, -0.15) is 0 Å². The number of H-pyrrole nitrogens is 1. The van der Waals surface area contributed by atoms with Crippen molar-refractivity contribution in [2.75, 3.05) is 6.61 Å². The molecule has 0 saturated heterocycles. The molecule has 0 fully saturated rings. The molecule has 0 aliphatic heterocycles. The first kappa shape index (κ1) is 12.2. The molecule has 2 rings (SSSR count). The van der Waals surface area contributed by atoms with E-state index in [2.05, 4.69) is 9.97 Å². The summed E-state index contributed by atoms with van der Waals surface area (Å²) in [5.41, 5.74) is 1.40. The van der Waals surface area contributed by atoms with Gasteiger partial charge in [0.15, 0.2) is 0 Å². The fourth-order valence-corrected chi connectivity index (χ4v) is 1.69. The first-order valence-corrected chi connectivity index (χ1v) is 5.68. The zero-order valence-electron chi connectivity index (χ0n) is 10.0. The molecule has 5 heteroatoms. The second-order valence-corrected chi connectivity index (χ2v) is 3.76. The molecule has 0 radical (unpaired) electrons. The number of aromatic amines is 1. The minimum atomic E-state index is -0.886. The van der Waals surface area contributed by atoms with Gasteiger partial charge in [0.1, 0.15) is 11.6 Å². The van der Waals surface area contributed by atoms with Crippen molar-refractivity contribution in [2.24, 2.45) is 0 Å². The predicted octanol–water partition coefficient (Wildman–Crippen LogP) is 2.10. The van der Waals surface area contributed by atoms with E-state index in [1.807, 2.05) is 31.2 Å². The molecule has 94 valence electrons. The van der Waals surface area contributed by atoms with Crippen molar-refractivity contribution in [3.8, 4) is 17.1 Å². The smallest absolute Gasteiger partial charge is 0.309 e. The summed E-state index contributed by atoms with van der Waals surface area (Å²) < 4.78 is 5.51. The van der Waals surface area contributed by atoms with Crippen LogP contribution in [0.25, 0.3) is 11.4 Å². The summed E-state index contributed by atoms with van der Waals surface area (Å²) in [5, 5.41) is 8.71. The zero-order valence-corrected chi connectivity index (χ0v) is 10.0. The lowest BCUT2D eigenvalue weighted by Gasteiger charge is -2.07. The van der Waals surface area contributed by atoms with E-state index in [4.69, 9.17) is 9.84 Å². The maximum atomic E-state index is 10.6. The van der Waals surface area contributed by atoms with Crippen molar-refractivity contribution in [2.45, 2.75) is 13.3 Å². The van der Waals surface area contributed by atoms with E-state index in [1.165, 1.54) is 6.20 Å². The molecular formula is C13H14N2O3. The van der Waals surface area contributed by atoms with Crippen LogP contribution in [0.3, 0.4) is 0 Å². The molecule has 0 atom stereocenters. The maximum Gasteiger partial charge on any atom is 0.309 e. The lowest BCUT2D eigenvalue weighted by molar-refractivity contribution is -0.136. The third-order valence-corrected chi connectivity index (χ3v) is 2.41. The average Bonchev–Trinajstić information content (AvgIpc) is 2.77. The lowest BCUT2D eigenvalue weighted by Crippen LogP contribution is -2.00. The van der Waals surface area contributed by atoms with Gasteiger partial charge in [0.25, 0.3) is 0 Å². The number of hydrogen-bond donors (Lipinski definition) is 2. The van der Waals surface area contributed by atoms with Gasteiger partial charge in [-0.15, -0.1) is 0 Å². The summed E-state index contributed by atoms with van der Waals surface area (Å²) in [4.78, 5) is 17.8. The SMILES string of the molecule is CCOc1ccccc1-c1ncc(CC(=O)O)[nH]1. The van der Waals surface area contributed by atoms with Gasteiger partial charge in [0.2, 0.25) is 0 Å². The Kier molecular flexibility index (Phi) is 3.62. The van der Waals surface area contributed by atoms with Gasteiger partial charge >= 0.3 is 5.97 Å². The summed E-state index contributed by atoms with van der Waals surface area (Å²) in [7, 11) is 0. The number of hydrogen-bond acceptors (Lipinski definition) is 3. The van der Waals surface area contributed by atoms with E-state index in [-0.39, 0.29) is 6.42 Å². The summed E-state index contributed by atoms with van der Waals surface area (Å²) in [5.74, 6) is 0.467. The van der Waals surface area contributed by atoms with Gasteiger partial charge in [0.05, 0.1) is 18.6 Å². The molecule has 1 aromatic carbocycles. The Morgan fingerprint density at radius 3 is 2.94 bits per heavy atom. The number of ether oxygens (including phenoxy) is 1. The molecular weight excluding hydrogens is 232 g/mol. The van der Waals surface area contributed by atoms with Crippen LogP contribution in [0.1, 0.15) is 12.6 Å². The van der Waals surface area contributed by atoms with Crippen LogP contribution in [0.5, 0.6) is 5.75 Å². The van der Waals surface area contributed by atoms with Crippen LogP contribution in [-0.4, -0.2) is 27.7 Å². The third-order valence-electron chi connectivity index (χ3n) is 2.41. The van der Waals surface area contributed by atoms with E-state index < -0.39 is 5.97 Å². The van der Waals surface area contributed by atoms with Crippen molar-refractivity contribution in [1.82, 2.24) is 9.97 Å². The molecule has 2 aromatic rings. The number of imidazole rings is 1. The Balaban J connectivity index is 2.30. The molecule has 2 N–H and O–H groups in total. The molecule has 0 unspecified atom stereocenters. The van der Waals surface area contributed by atoms with E-state index in [1.54, 1.807) is 0 Å². The van der Waals surface area contributed by atoms with Crippen molar-refractivity contribution in [3.05, 3.63) is 36.2 Å². The maximum absolute atomic E-state index is 10.6. The number of nitrogens with one attached hydrogen (secondary N) is 1. The van der Waals surface area contributed by atoms with Gasteiger partial charge < -0.3 is 14.8 Å². The number of para-hydroxylation sites is 1. The fraction of sp³-hybridized carbons (Fsp3) is 0.231. The van der Waals surface area contributed by atoms with E-state index >= 15 is 0 Å². The number of aliphatic carboxylic acids is 1. The Bertz CT molecular complexity index is 549. The van der Waals surface area contributed by atoms with Crippen molar-refractivity contribution < 1.29 is 14.6 Å². The molecule has 18 heavy (non-hydrogen) atoms. The van der Waals surface area contributed by atoms with Crippen molar-refractivity contribution in [1.29, 1.82) is 0 Å².